The van der Waals surface area contributed by atoms with Crippen molar-refractivity contribution in [2.24, 2.45) is 0 Å². The second-order valence-electron chi connectivity index (χ2n) is 8.10. The Morgan fingerprint density at radius 2 is 1.82 bits per heavy atom. The summed E-state index contributed by atoms with van der Waals surface area (Å²) in [5, 5.41) is 2.94. The highest BCUT2D eigenvalue weighted by atomic mass is 19.1. The Hall–Kier alpha value is -1.70. The zero-order valence-corrected chi connectivity index (χ0v) is 16.4. The standard InChI is InChI=1S/C21H30FN3O3/c22-18-3-1-17(2-4-18)16-23-20(26)25-8-6-21(7-9-25)15-19(5-12-28-21)24-10-13-27-14-11-24/h1-4,19H,5-16H2,(H,23,26). The van der Waals surface area contributed by atoms with Crippen LogP contribution < -0.4 is 5.32 Å². The molecule has 3 aliphatic heterocycles. The summed E-state index contributed by atoms with van der Waals surface area (Å²) in [6.07, 6.45) is 3.91. The number of amides is 2. The lowest BCUT2D eigenvalue weighted by atomic mass is 9.82. The van der Waals surface area contributed by atoms with E-state index < -0.39 is 0 Å². The van der Waals surface area contributed by atoms with Gasteiger partial charge in [-0.05, 0) is 43.4 Å². The first kappa shape index (κ1) is 19.6. The van der Waals surface area contributed by atoms with Gasteiger partial charge in [0, 0.05) is 45.4 Å². The summed E-state index contributed by atoms with van der Waals surface area (Å²) in [6.45, 7) is 6.32. The average Bonchev–Trinajstić information content (AvgIpc) is 2.74. The first-order valence-electron chi connectivity index (χ1n) is 10.4. The van der Waals surface area contributed by atoms with Gasteiger partial charge in [-0.2, -0.15) is 0 Å². The molecule has 0 saturated carbocycles. The highest BCUT2D eigenvalue weighted by Crippen LogP contribution is 2.37. The zero-order chi connectivity index (χ0) is 19.4. The number of benzene rings is 1. The van der Waals surface area contributed by atoms with Crippen LogP contribution in [-0.2, 0) is 16.0 Å². The fourth-order valence-corrected chi connectivity index (χ4v) is 4.61. The zero-order valence-electron chi connectivity index (χ0n) is 16.4. The molecular weight excluding hydrogens is 361 g/mol. The molecule has 3 fully saturated rings. The number of urea groups is 1. The SMILES string of the molecule is O=C(NCc1ccc(F)cc1)N1CCC2(CC1)CC(N1CCOCC1)CCO2. The second-order valence-corrected chi connectivity index (χ2v) is 8.10. The van der Waals surface area contributed by atoms with Crippen molar-refractivity contribution in [1.82, 2.24) is 15.1 Å². The molecule has 3 aliphatic rings. The van der Waals surface area contributed by atoms with Crippen LogP contribution in [-0.4, -0.2) is 73.5 Å². The normalized spacial score (nSPS) is 25.6. The monoisotopic (exact) mass is 391 g/mol. The number of hydrogen-bond acceptors (Lipinski definition) is 4. The van der Waals surface area contributed by atoms with E-state index in [1.165, 1.54) is 12.1 Å². The number of rotatable bonds is 3. The summed E-state index contributed by atoms with van der Waals surface area (Å²) in [5.74, 6) is -0.265. The first-order valence-corrected chi connectivity index (χ1v) is 10.4. The molecule has 0 aromatic heterocycles. The average molecular weight is 391 g/mol. The van der Waals surface area contributed by atoms with Gasteiger partial charge < -0.3 is 19.7 Å². The van der Waals surface area contributed by atoms with Crippen molar-refractivity contribution < 1.29 is 18.7 Å². The molecule has 3 saturated heterocycles. The highest BCUT2D eigenvalue weighted by molar-refractivity contribution is 5.74. The van der Waals surface area contributed by atoms with Gasteiger partial charge in [0.15, 0.2) is 0 Å². The molecule has 0 radical (unpaired) electrons. The number of ether oxygens (including phenoxy) is 2. The fraction of sp³-hybridized carbons (Fsp3) is 0.667. The molecule has 7 heteroatoms. The van der Waals surface area contributed by atoms with Gasteiger partial charge in [-0.3, -0.25) is 4.90 Å². The molecule has 1 N–H and O–H groups in total. The number of carbonyl (C=O) groups excluding carboxylic acids is 1. The van der Waals surface area contributed by atoms with Gasteiger partial charge in [0.25, 0.3) is 0 Å². The maximum absolute atomic E-state index is 13.0. The number of piperidine rings is 1. The van der Waals surface area contributed by atoms with Gasteiger partial charge in [0.2, 0.25) is 0 Å². The van der Waals surface area contributed by atoms with Gasteiger partial charge in [0.05, 0.1) is 18.8 Å². The van der Waals surface area contributed by atoms with Crippen LogP contribution in [0.15, 0.2) is 24.3 Å². The largest absolute Gasteiger partial charge is 0.379 e. The van der Waals surface area contributed by atoms with Crippen LogP contribution in [0, 0.1) is 5.82 Å². The molecule has 1 spiro atoms. The van der Waals surface area contributed by atoms with Crippen LogP contribution in [0.4, 0.5) is 9.18 Å². The van der Waals surface area contributed by atoms with Crippen LogP contribution in [0.25, 0.3) is 0 Å². The van der Waals surface area contributed by atoms with Gasteiger partial charge in [0.1, 0.15) is 5.82 Å². The number of morpholine rings is 1. The number of likely N-dealkylation sites (tertiary alicyclic amines) is 1. The Balaban J connectivity index is 1.26. The third-order valence-corrected chi connectivity index (χ3v) is 6.35. The molecule has 6 nitrogen and oxygen atoms in total. The molecule has 1 atom stereocenters. The van der Waals surface area contributed by atoms with Crippen LogP contribution in [0.1, 0.15) is 31.2 Å². The quantitative estimate of drug-likeness (QED) is 0.860. The van der Waals surface area contributed by atoms with Crippen molar-refractivity contribution in [1.29, 1.82) is 0 Å². The third-order valence-electron chi connectivity index (χ3n) is 6.35. The van der Waals surface area contributed by atoms with Crippen LogP contribution in [0.3, 0.4) is 0 Å². The van der Waals surface area contributed by atoms with E-state index in [-0.39, 0.29) is 17.4 Å². The Labute approximate surface area is 166 Å². The number of nitrogens with one attached hydrogen (secondary N) is 1. The van der Waals surface area contributed by atoms with Gasteiger partial charge in [-0.25, -0.2) is 9.18 Å². The van der Waals surface area contributed by atoms with E-state index in [0.29, 0.717) is 25.7 Å². The van der Waals surface area contributed by atoms with Crippen LogP contribution in [0.5, 0.6) is 0 Å². The smallest absolute Gasteiger partial charge is 0.317 e. The Morgan fingerprint density at radius 3 is 2.54 bits per heavy atom. The molecule has 1 aromatic rings. The predicted octanol–water partition coefficient (Wildman–Crippen LogP) is 2.38. The van der Waals surface area contributed by atoms with E-state index in [4.69, 9.17) is 9.47 Å². The number of hydrogen-bond donors (Lipinski definition) is 1. The van der Waals surface area contributed by atoms with Crippen LogP contribution in [0.2, 0.25) is 0 Å². The van der Waals surface area contributed by atoms with Crippen LogP contribution >= 0.6 is 0 Å². The van der Waals surface area contributed by atoms with E-state index in [1.54, 1.807) is 12.1 Å². The van der Waals surface area contributed by atoms with Gasteiger partial charge >= 0.3 is 6.03 Å². The topological polar surface area (TPSA) is 54.0 Å². The molecule has 1 aromatic carbocycles. The van der Waals surface area contributed by atoms with Crippen molar-refractivity contribution >= 4 is 6.03 Å². The van der Waals surface area contributed by atoms with E-state index >= 15 is 0 Å². The molecule has 2 amide bonds. The summed E-state index contributed by atoms with van der Waals surface area (Å²) in [5.41, 5.74) is 0.807. The van der Waals surface area contributed by atoms with Crippen molar-refractivity contribution in [2.45, 2.75) is 43.9 Å². The molecule has 3 heterocycles. The molecule has 154 valence electrons. The summed E-state index contributed by atoms with van der Waals surface area (Å²) >= 11 is 0. The molecule has 1 unspecified atom stereocenters. The third kappa shape index (κ3) is 4.64. The van der Waals surface area contributed by atoms with E-state index in [9.17, 15) is 9.18 Å². The minimum absolute atomic E-state index is 0.0558. The second kappa shape index (κ2) is 8.76. The number of halogens is 1. The minimum atomic E-state index is -0.265. The maximum Gasteiger partial charge on any atom is 0.317 e. The maximum atomic E-state index is 13.0. The van der Waals surface area contributed by atoms with Gasteiger partial charge in [-0.1, -0.05) is 12.1 Å². The van der Waals surface area contributed by atoms with Crippen molar-refractivity contribution in [3.8, 4) is 0 Å². The Kier molecular flexibility index (Phi) is 6.13. The van der Waals surface area contributed by atoms with Crippen molar-refractivity contribution in [3.63, 3.8) is 0 Å². The molecule has 4 rings (SSSR count). The molecule has 28 heavy (non-hydrogen) atoms. The lowest BCUT2D eigenvalue weighted by Crippen LogP contribution is -2.56. The summed E-state index contributed by atoms with van der Waals surface area (Å²) < 4.78 is 24.7. The van der Waals surface area contributed by atoms with Crippen molar-refractivity contribution in [3.05, 3.63) is 35.6 Å². The van der Waals surface area contributed by atoms with E-state index in [1.807, 2.05) is 4.90 Å². The highest BCUT2D eigenvalue weighted by Gasteiger charge is 2.42. The lowest BCUT2D eigenvalue weighted by Gasteiger charge is -2.49. The predicted molar refractivity (Wildman–Crippen MR) is 104 cm³/mol. The van der Waals surface area contributed by atoms with E-state index in [0.717, 1.165) is 64.2 Å². The molecular formula is C21H30FN3O3. The van der Waals surface area contributed by atoms with E-state index in [2.05, 4.69) is 10.2 Å². The summed E-state index contributed by atoms with van der Waals surface area (Å²) in [7, 11) is 0. The Bertz CT molecular complexity index is 655. The Morgan fingerprint density at radius 1 is 1.11 bits per heavy atom. The van der Waals surface area contributed by atoms with Gasteiger partial charge in [-0.15, -0.1) is 0 Å². The number of nitrogens with zero attached hydrogens (tertiary/aromatic N) is 2. The minimum Gasteiger partial charge on any atom is -0.379 e. The first-order chi connectivity index (χ1) is 13.6. The van der Waals surface area contributed by atoms with Crippen molar-refractivity contribution in [2.75, 3.05) is 46.0 Å². The molecule has 0 bridgehead atoms. The summed E-state index contributed by atoms with van der Waals surface area (Å²) in [6, 6.07) is 6.73. The number of carbonyl (C=O) groups is 1. The fourth-order valence-electron chi connectivity index (χ4n) is 4.61. The summed E-state index contributed by atoms with van der Waals surface area (Å²) in [4.78, 5) is 16.9. The lowest BCUT2D eigenvalue weighted by molar-refractivity contribution is -0.135. The molecule has 0 aliphatic carbocycles.